The van der Waals surface area contributed by atoms with Crippen molar-refractivity contribution in [3.05, 3.63) is 27.7 Å². The third-order valence-corrected chi connectivity index (χ3v) is 2.79. The molecule has 0 spiro atoms. The Labute approximate surface area is 118 Å². The summed E-state index contributed by atoms with van der Waals surface area (Å²) in [6.45, 7) is 1.25. The van der Waals surface area contributed by atoms with Gasteiger partial charge in [0.25, 0.3) is 0 Å². The van der Waals surface area contributed by atoms with Gasteiger partial charge in [-0.2, -0.15) is 10.5 Å². The number of carbonyl (C=O) groups excluding carboxylic acids is 1. The molecule has 0 heterocycles. The van der Waals surface area contributed by atoms with E-state index in [4.69, 9.17) is 20.0 Å². The second-order valence-corrected chi connectivity index (χ2v) is 4.22. The number of methoxy groups -OCH3 is 1. The van der Waals surface area contributed by atoms with Crippen LogP contribution >= 0.6 is 15.9 Å². The lowest BCUT2D eigenvalue weighted by Gasteiger charge is -2.12. The van der Waals surface area contributed by atoms with E-state index < -0.39 is 5.97 Å². The smallest absolute Gasteiger partial charge is 0.308 e. The van der Waals surface area contributed by atoms with E-state index in [0.29, 0.717) is 15.8 Å². The minimum atomic E-state index is -0.526. The Balaban J connectivity index is 3.52. The molecule has 0 N–H and O–H groups in total. The van der Waals surface area contributed by atoms with Crippen LogP contribution < -0.4 is 9.47 Å². The summed E-state index contributed by atoms with van der Waals surface area (Å²) >= 11 is 3.28. The molecule has 0 saturated heterocycles. The van der Waals surface area contributed by atoms with Crippen LogP contribution in [0.5, 0.6) is 11.5 Å². The van der Waals surface area contributed by atoms with Crippen molar-refractivity contribution in [3.63, 3.8) is 0 Å². The van der Waals surface area contributed by atoms with Gasteiger partial charge in [0.1, 0.15) is 17.7 Å². The van der Waals surface area contributed by atoms with Gasteiger partial charge in [-0.25, -0.2) is 0 Å². The predicted molar refractivity (Wildman–Crippen MR) is 71.2 cm³/mol. The monoisotopic (exact) mass is 320 g/mol. The second-order valence-electron chi connectivity index (χ2n) is 3.37. The van der Waals surface area contributed by atoms with Crippen molar-refractivity contribution < 1.29 is 14.3 Å². The Morgan fingerprint density at radius 1 is 1.37 bits per heavy atom. The van der Waals surface area contributed by atoms with Gasteiger partial charge in [-0.1, -0.05) is 15.9 Å². The van der Waals surface area contributed by atoms with E-state index in [1.807, 2.05) is 0 Å². The summed E-state index contributed by atoms with van der Waals surface area (Å²) in [5.74, 6) is -0.0335. The molecule has 96 valence electrons. The highest BCUT2D eigenvalue weighted by molar-refractivity contribution is 9.10. The topological polar surface area (TPSA) is 83.1 Å². The lowest BCUT2D eigenvalue weighted by atomic mass is 10.1. The Morgan fingerprint density at radius 2 is 2.00 bits per heavy atom. The third-order valence-electron chi connectivity index (χ3n) is 2.10. The van der Waals surface area contributed by atoms with Gasteiger partial charge in [-0.05, 0) is 18.2 Å². The standard InChI is InChI=1S/C13H9BrN2O3/c1-8(17)19-13-10(5-9(6-15)7-16)11(14)3-4-12(13)18-2/h3-5H,1-2H3. The van der Waals surface area contributed by atoms with E-state index in [1.165, 1.54) is 20.1 Å². The minimum absolute atomic E-state index is 0.109. The number of rotatable bonds is 3. The Morgan fingerprint density at radius 3 is 2.47 bits per heavy atom. The van der Waals surface area contributed by atoms with E-state index in [9.17, 15) is 4.79 Å². The van der Waals surface area contributed by atoms with Crippen molar-refractivity contribution in [2.75, 3.05) is 7.11 Å². The number of hydrogen-bond acceptors (Lipinski definition) is 5. The summed E-state index contributed by atoms with van der Waals surface area (Å²) in [7, 11) is 1.43. The molecule has 0 aliphatic rings. The molecule has 19 heavy (non-hydrogen) atoms. The van der Waals surface area contributed by atoms with Crippen LogP contribution in [0.15, 0.2) is 22.2 Å². The van der Waals surface area contributed by atoms with E-state index in [2.05, 4.69) is 15.9 Å². The van der Waals surface area contributed by atoms with Gasteiger partial charge in [0.2, 0.25) is 0 Å². The lowest BCUT2D eigenvalue weighted by Crippen LogP contribution is -2.05. The zero-order valence-corrected chi connectivity index (χ0v) is 11.8. The third kappa shape index (κ3) is 3.57. The Kier molecular flexibility index (Phi) is 5.11. The molecular weight excluding hydrogens is 312 g/mol. The SMILES string of the molecule is COc1ccc(Br)c(C=C(C#N)C#N)c1OC(C)=O. The van der Waals surface area contributed by atoms with Crippen molar-refractivity contribution >= 4 is 28.0 Å². The zero-order chi connectivity index (χ0) is 14.4. The molecule has 0 fully saturated rings. The summed E-state index contributed by atoms with van der Waals surface area (Å²) in [6.07, 6.45) is 1.32. The van der Waals surface area contributed by atoms with Gasteiger partial charge in [0.15, 0.2) is 11.5 Å². The highest BCUT2D eigenvalue weighted by Crippen LogP contribution is 2.37. The molecule has 0 bridgehead atoms. The van der Waals surface area contributed by atoms with Crippen molar-refractivity contribution in [2.24, 2.45) is 0 Å². The summed E-state index contributed by atoms with van der Waals surface area (Å²) in [4.78, 5) is 11.1. The number of benzene rings is 1. The first-order chi connectivity index (χ1) is 9.03. The largest absolute Gasteiger partial charge is 0.493 e. The lowest BCUT2D eigenvalue weighted by molar-refractivity contribution is -0.132. The van der Waals surface area contributed by atoms with Gasteiger partial charge in [0.05, 0.1) is 7.11 Å². The van der Waals surface area contributed by atoms with Crippen LogP contribution in [-0.2, 0) is 4.79 Å². The van der Waals surface area contributed by atoms with E-state index >= 15 is 0 Å². The van der Waals surface area contributed by atoms with E-state index in [-0.39, 0.29) is 11.3 Å². The van der Waals surface area contributed by atoms with Crippen LogP contribution in [0, 0.1) is 22.7 Å². The normalized spacial score (nSPS) is 8.89. The van der Waals surface area contributed by atoms with Crippen LogP contribution in [0.25, 0.3) is 6.08 Å². The highest BCUT2D eigenvalue weighted by atomic mass is 79.9. The summed E-state index contributed by atoms with van der Waals surface area (Å²) < 4.78 is 10.8. The maximum atomic E-state index is 11.1. The molecule has 5 nitrogen and oxygen atoms in total. The summed E-state index contributed by atoms with van der Waals surface area (Å²) in [5.41, 5.74) is 0.287. The van der Waals surface area contributed by atoms with Crippen molar-refractivity contribution in [3.8, 4) is 23.6 Å². The fourth-order valence-electron chi connectivity index (χ4n) is 1.33. The number of halogens is 1. The molecular formula is C13H9BrN2O3. The first-order valence-corrected chi connectivity index (χ1v) is 5.89. The number of esters is 1. The van der Waals surface area contributed by atoms with Crippen LogP contribution in [-0.4, -0.2) is 13.1 Å². The molecule has 0 saturated carbocycles. The van der Waals surface area contributed by atoms with Crippen LogP contribution in [0.4, 0.5) is 0 Å². The number of carbonyl (C=O) groups is 1. The first kappa shape index (κ1) is 14.7. The fraction of sp³-hybridized carbons (Fsp3) is 0.154. The van der Waals surface area contributed by atoms with Gasteiger partial charge < -0.3 is 9.47 Å². The Bertz CT molecular complexity index is 608. The molecule has 0 amide bonds. The molecule has 0 aromatic heterocycles. The molecule has 0 unspecified atom stereocenters. The highest BCUT2D eigenvalue weighted by Gasteiger charge is 2.15. The average molecular weight is 321 g/mol. The minimum Gasteiger partial charge on any atom is -0.493 e. The molecule has 1 aromatic carbocycles. The molecule has 0 aliphatic heterocycles. The van der Waals surface area contributed by atoms with Crippen molar-refractivity contribution in [2.45, 2.75) is 6.92 Å². The molecule has 0 aliphatic carbocycles. The van der Waals surface area contributed by atoms with Gasteiger partial charge in [-0.3, -0.25) is 4.79 Å². The van der Waals surface area contributed by atoms with Gasteiger partial charge in [-0.15, -0.1) is 0 Å². The zero-order valence-electron chi connectivity index (χ0n) is 10.2. The van der Waals surface area contributed by atoms with E-state index in [0.717, 1.165) is 0 Å². The quantitative estimate of drug-likeness (QED) is 0.485. The maximum absolute atomic E-state index is 11.1. The molecule has 0 radical (unpaired) electrons. The number of ether oxygens (including phenoxy) is 2. The molecule has 0 atom stereocenters. The number of nitrogens with zero attached hydrogens (tertiary/aromatic N) is 2. The van der Waals surface area contributed by atoms with Crippen molar-refractivity contribution in [1.82, 2.24) is 0 Å². The average Bonchev–Trinajstić information content (AvgIpc) is 2.38. The van der Waals surface area contributed by atoms with Gasteiger partial charge in [0, 0.05) is 17.0 Å². The maximum Gasteiger partial charge on any atom is 0.308 e. The van der Waals surface area contributed by atoms with Crippen LogP contribution in [0.1, 0.15) is 12.5 Å². The number of allylic oxidation sites excluding steroid dienone is 1. The Hall–Kier alpha value is -2.31. The van der Waals surface area contributed by atoms with E-state index in [1.54, 1.807) is 24.3 Å². The predicted octanol–water partition coefficient (Wildman–Crippen LogP) is 2.81. The van der Waals surface area contributed by atoms with Gasteiger partial charge >= 0.3 is 5.97 Å². The second kappa shape index (κ2) is 6.58. The molecule has 1 aromatic rings. The number of hydrogen-bond donors (Lipinski definition) is 0. The summed E-state index contributed by atoms with van der Waals surface area (Å²) in [6, 6.07) is 6.77. The molecule has 1 rings (SSSR count). The fourth-order valence-corrected chi connectivity index (χ4v) is 1.76. The van der Waals surface area contributed by atoms with Crippen molar-refractivity contribution in [1.29, 1.82) is 10.5 Å². The molecule has 6 heteroatoms. The summed E-state index contributed by atoms with van der Waals surface area (Å²) in [5, 5.41) is 17.6. The number of nitriles is 2. The van der Waals surface area contributed by atoms with Crippen LogP contribution in [0.3, 0.4) is 0 Å². The van der Waals surface area contributed by atoms with Crippen LogP contribution in [0.2, 0.25) is 0 Å². The first-order valence-electron chi connectivity index (χ1n) is 5.10.